The highest BCUT2D eigenvalue weighted by Crippen LogP contribution is 2.46. The molecule has 2 aliphatic rings. The van der Waals surface area contributed by atoms with Crippen LogP contribution in [0.15, 0.2) is 88.0 Å². The van der Waals surface area contributed by atoms with E-state index in [4.69, 9.17) is 19.6 Å². The van der Waals surface area contributed by atoms with Gasteiger partial charge in [-0.25, -0.2) is 10.4 Å². The molecule has 3 aromatic carbocycles. The van der Waals surface area contributed by atoms with Crippen molar-refractivity contribution in [3.8, 4) is 5.75 Å². The van der Waals surface area contributed by atoms with Crippen molar-refractivity contribution in [1.29, 1.82) is 0 Å². The van der Waals surface area contributed by atoms with Crippen LogP contribution in [0.2, 0.25) is 0 Å². The second-order valence-corrected chi connectivity index (χ2v) is 11.1. The number of rotatable bonds is 13. The Kier molecular flexibility index (Phi) is 10.7. The summed E-state index contributed by atoms with van der Waals surface area (Å²) >= 11 is 0. The number of ether oxygens (including phenoxy) is 2. The average Bonchev–Trinajstić information content (AvgIpc) is 3.46. The highest BCUT2D eigenvalue weighted by atomic mass is 16.5. The van der Waals surface area contributed by atoms with E-state index in [0.29, 0.717) is 66.8 Å². The lowest BCUT2D eigenvalue weighted by Gasteiger charge is -2.33. The maximum Gasteiger partial charge on any atom is 0.266 e. The first kappa shape index (κ1) is 32.3. The minimum absolute atomic E-state index is 0.0198. The first-order chi connectivity index (χ1) is 22.5. The molecule has 1 fully saturated rings. The van der Waals surface area contributed by atoms with E-state index >= 15 is 0 Å². The molecule has 1 heterocycles. The molecule has 14 nitrogen and oxygen atoms in total. The quantitative estimate of drug-likeness (QED) is 0.0610. The van der Waals surface area contributed by atoms with Gasteiger partial charge in [-0.1, -0.05) is 58.8 Å². The van der Waals surface area contributed by atoms with Gasteiger partial charge in [0.15, 0.2) is 11.6 Å². The number of aliphatic imine (C=N–C) groups is 1. The summed E-state index contributed by atoms with van der Waals surface area (Å²) in [4.78, 5) is 25.5. The summed E-state index contributed by atoms with van der Waals surface area (Å²) in [5.74, 6) is 0.268. The minimum Gasteiger partial charge on any atom is -0.494 e. The summed E-state index contributed by atoms with van der Waals surface area (Å²) in [5, 5.41) is 26.8. The molecule has 1 saturated carbocycles. The Labute approximate surface area is 265 Å². The largest absolute Gasteiger partial charge is 0.494 e. The average molecular weight is 626 g/mol. The van der Waals surface area contributed by atoms with Crippen molar-refractivity contribution in [3.63, 3.8) is 0 Å². The Balaban J connectivity index is 1.60. The fourth-order valence-electron chi connectivity index (χ4n) is 5.70. The molecule has 1 aliphatic heterocycles. The number of aliphatic hydroxyl groups excluding tert-OH is 2. The Morgan fingerprint density at radius 2 is 1.65 bits per heavy atom. The highest BCUT2D eigenvalue weighted by molar-refractivity contribution is 6.01. The number of amides is 1. The number of carbonyl (C=O) groups excluding carboxylic acids is 1. The van der Waals surface area contributed by atoms with Gasteiger partial charge in [-0.2, -0.15) is 0 Å². The van der Waals surface area contributed by atoms with Gasteiger partial charge >= 0.3 is 0 Å². The summed E-state index contributed by atoms with van der Waals surface area (Å²) < 4.78 is 12.2. The van der Waals surface area contributed by atoms with E-state index in [1.165, 1.54) is 0 Å². The second kappa shape index (κ2) is 15.3. The molecule has 0 bridgehead atoms. The van der Waals surface area contributed by atoms with Crippen molar-refractivity contribution in [2.24, 2.45) is 15.2 Å². The van der Waals surface area contributed by atoms with Crippen molar-refractivity contribution >= 4 is 23.2 Å². The van der Waals surface area contributed by atoms with Crippen molar-refractivity contribution in [3.05, 3.63) is 110 Å². The van der Waals surface area contributed by atoms with E-state index in [1.54, 1.807) is 72.8 Å². The summed E-state index contributed by atoms with van der Waals surface area (Å²) in [6.07, 6.45) is 1.63. The third kappa shape index (κ3) is 7.40. The monoisotopic (exact) mass is 625 g/mol. The molecule has 4 N–H and O–H groups in total. The molecule has 5 rings (SSSR count). The van der Waals surface area contributed by atoms with Crippen LogP contribution in [0.3, 0.4) is 0 Å². The molecule has 0 spiro atoms. The topological polar surface area (TPSA) is 210 Å². The van der Waals surface area contributed by atoms with Crippen molar-refractivity contribution in [2.45, 2.75) is 62.3 Å². The van der Waals surface area contributed by atoms with Crippen molar-refractivity contribution in [2.75, 3.05) is 13.2 Å². The molecule has 3 aromatic rings. The summed E-state index contributed by atoms with van der Waals surface area (Å²) in [6, 6.07) is 20.7. The predicted octanol–water partition coefficient (Wildman–Crippen LogP) is 5.76. The minimum atomic E-state index is -1.66. The zero-order valence-electron chi connectivity index (χ0n) is 25.1. The number of aliphatic hydroxyl groups is 2. The number of hydrogen-bond acceptors (Lipinski definition) is 9. The molecule has 1 amide bonds. The first-order valence-electron chi connectivity index (χ1n) is 15.1. The Hall–Kier alpha value is -5.10. The third-order valence-corrected chi connectivity index (χ3v) is 8.09. The molecular weight excluding hydrogens is 590 g/mol. The van der Waals surface area contributed by atoms with E-state index in [9.17, 15) is 21.0 Å². The van der Waals surface area contributed by atoms with E-state index in [2.05, 4.69) is 30.9 Å². The fourth-order valence-corrected chi connectivity index (χ4v) is 5.70. The molecule has 0 unspecified atom stereocenters. The molecule has 14 heteroatoms. The predicted molar refractivity (Wildman–Crippen MR) is 170 cm³/mol. The van der Waals surface area contributed by atoms with Gasteiger partial charge < -0.3 is 19.7 Å². The van der Waals surface area contributed by atoms with Crippen molar-refractivity contribution in [1.82, 2.24) is 10.9 Å². The molecule has 2 atom stereocenters. The van der Waals surface area contributed by atoms with E-state index in [0.717, 1.165) is 0 Å². The number of azide groups is 2. The van der Waals surface area contributed by atoms with Gasteiger partial charge in [0.2, 0.25) is 5.90 Å². The number of benzene rings is 3. The molecule has 0 aromatic heterocycles. The Morgan fingerprint density at radius 1 is 0.978 bits per heavy atom. The molecule has 1 aliphatic carbocycles. The summed E-state index contributed by atoms with van der Waals surface area (Å²) in [5.41, 5.74) is 25.1. The number of hydrogen-bond donors (Lipinski definition) is 4. The lowest BCUT2D eigenvalue weighted by Crippen LogP contribution is -2.56. The van der Waals surface area contributed by atoms with Gasteiger partial charge in [0.25, 0.3) is 5.91 Å². The van der Waals surface area contributed by atoms with Gasteiger partial charge in [0.1, 0.15) is 5.75 Å². The van der Waals surface area contributed by atoms with Crippen LogP contribution in [0, 0.1) is 0 Å². The van der Waals surface area contributed by atoms with Gasteiger partial charge in [0.05, 0.1) is 12.7 Å². The van der Waals surface area contributed by atoms with Gasteiger partial charge in [0, 0.05) is 57.8 Å². The molecular formula is C32H35N9O5. The first-order valence-corrected chi connectivity index (χ1v) is 15.1. The van der Waals surface area contributed by atoms with Crippen LogP contribution in [-0.4, -0.2) is 52.9 Å². The number of hydrazine groups is 1. The smallest absolute Gasteiger partial charge is 0.266 e. The van der Waals surface area contributed by atoms with Gasteiger partial charge in [-0.3, -0.25) is 10.2 Å². The Bertz CT molecular complexity index is 1650. The molecule has 0 radical (unpaired) electrons. The number of nitrogens with zero attached hydrogens (tertiary/aromatic N) is 7. The number of carbonyl (C=O) groups is 1. The van der Waals surface area contributed by atoms with E-state index < -0.39 is 17.6 Å². The summed E-state index contributed by atoms with van der Waals surface area (Å²) in [7, 11) is 0. The van der Waals surface area contributed by atoms with Crippen molar-refractivity contribution < 1.29 is 24.5 Å². The fraction of sp³-hybridized carbons (Fsp3) is 0.375. The second-order valence-electron chi connectivity index (χ2n) is 11.1. The molecule has 0 saturated heterocycles. The standard InChI is InChI=1S/C32H35N9O5/c33-40-37-27-8-3-1-6-22(27)20-32(31(44)39-36-23-12-14-24(43)15-13-23)29(26-7-2-4-9-28(26)38-41-34)46-30(35-32)21-10-16-25(17-11-21)45-19-5-18-42/h1-4,6-11,16-17,23-24,29,36,42-43H,5,12-15,18-20H2,(H,39,44)/t23?,24?,29-,32-/m0/s1. The Morgan fingerprint density at radius 3 is 2.37 bits per heavy atom. The zero-order chi connectivity index (χ0) is 32.4. The van der Waals surface area contributed by atoms with Crippen LogP contribution < -0.4 is 15.6 Å². The lowest BCUT2D eigenvalue weighted by molar-refractivity contribution is -0.130. The molecule has 238 valence electrons. The van der Waals surface area contributed by atoms with E-state index in [-0.39, 0.29) is 36.8 Å². The molecule has 46 heavy (non-hydrogen) atoms. The van der Waals surface area contributed by atoms with Crippen LogP contribution in [0.25, 0.3) is 20.9 Å². The van der Waals surface area contributed by atoms with Crippen LogP contribution in [0.1, 0.15) is 54.9 Å². The van der Waals surface area contributed by atoms with Crippen LogP contribution in [0.4, 0.5) is 11.4 Å². The normalized spacial score (nSPS) is 22.0. The SMILES string of the molecule is [N-]=[N+]=Nc1ccccc1C[C@]1(C(=O)NNC2CCC(O)CC2)N=C(c2ccc(OCCCO)cc2)O[C@H]1c1ccccc1N=[N+]=[N-]. The van der Waals surface area contributed by atoms with Crippen LogP contribution >= 0.6 is 0 Å². The van der Waals surface area contributed by atoms with Gasteiger partial charge in [-0.15, -0.1) is 0 Å². The van der Waals surface area contributed by atoms with Crippen LogP contribution in [-0.2, 0) is 16.0 Å². The van der Waals surface area contributed by atoms with Crippen LogP contribution in [0.5, 0.6) is 5.75 Å². The maximum atomic E-state index is 14.5. The maximum absolute atomic E-state index is 14.5. The third-order valence-electron chi connectivity index (χ3n) is 8.09. The lowest BCUT2D eigenvalue weighted by atomic mass is 9.81. The number of nitrogens with one attached hydrogen (secondary N) is 2. The van der Waals surface area contributed by atoms with Gasteiger partial charge in [-0.05, 0) is 66.6 Å². The summed E-state index contributed by atoms with van der Waals surface area (Å²) in [6.45, 7) is 0.373. The van der Waals surface area contributed by atoms with E-state index in [1.807, 2.05) is 0 Å². The highest BCUT2D eigenvalue weighted by Gasteiger charge is 2.54. The zero-order valence-corrected chi connectivity index (χ0v) is 25.1.